The van der Waals surface area contributed by atoms with Crippen molar-refractivity contribution in [2.45, 2.75) is 11.8 Å². The molecule has 0 fully saturated rings. The molecule has 0 aliphatic heterocycles. The van der Waals surface area contributed by atoms with E-state index in [-0.39, 0.29) is 4.90 Å². The van der Waals surface area contributed by atoms with Gasteiger partial charge < -0.3 is 10.1 Å². The zero-order valence-electron chi connectivity index (χ0n) is 11.6. The number of aryl methyl sites for hydroxylation is 1. The molecule has 1 rings (SSSR count). The van der Waals surface area contributed by atoms with E-state index in [1.54, 1.807) is 14.0 Å². The number of nitrogens with zero attached hydrogens (tertiary/aromatic N) is 1. The number of hydrogen-bond donors (Lipinski definition) is 2. The number of rotatable bonds is 8. The monoisotopic (exact) mass is 297 g/mol. The summed E-state index contributed by atoms with van der Waals surface area (Å²) in [5, 5.41) is 11.9. The molecular weight excluding hydrogens is 278 g/mol. The number of nitriles is 1. The highest BCUT2D eigenvalue weighted by Crippen LogP contribution is 2.14. The van der Waals surface area contributed by atoms with E-state index in [0.717, 1.165) is 0 Å². The van der Waals surface area contributed by atoms with Gasteiger partial charge in [-0.1, -0.05) is 0 Å². The maximum absolute atomic E-state index is 12.0. The van der Waals surface area contributed by atoms with Gasteiger partial charge in [0.15, 0.2) is 0 Å². The Morgan fingerprint density at radius 2 is 2.05 bits per heavy atom. The van der Waals surface area contributed by atoms with Crippen LogP contribution in [0.2, 0.25) is 0 Å². The van der Waals surface area contributed by atoms with Crippen LogP contribution in [0.25, 0.3) is 0 Å². The van der Waals surface area contributed by atoms with Crippen LogP contribution in [0.15, 0.2) is 23.1 Å². The third kappa shape index (κ3) is 4.90. The van der Waals surface area contributed by atoms with Crippen molar-refractivity contribution in [3.05, 3.63) is 29.3 Å². The average molecular weight is 297 g/mol. The van der Waals surface area contributed by atoms with Crippen LogP contribution in [0.3, 0.4) is 0 Å². The van der Waals surface area contributed by atoms with Crippen LogP contribution in [0, 0.1) is 18.3 Å². The van der Waals surface area contributed by atoms with Crippen LogP contribution in [-0.4, -0.2) is 41.8 Å². The molecule has 6 nitrogen and oxygen atoms in total. The van der Waals surface area contributed by atoms with Gasteiger partial charge in [-0.15, -0.1) is 0 Å². The topological polar surface area (TPSA) is 91.2 Å². The van der Waals surface area contributed by atoms with E-state index in [1.807, 2.05) is 6.07 Å². The van der Waals surface area contributed by atoms with Gasteiger partial charge in [-0.25, -0.2) is 13.1 Å². The van der Waals surface area contributed by atoms with E-state index in [2.05, 4.69) is 10.0 Å². The normalized spacial score (nSPS) is 11.2. The highest BCUT2D eigenvalue weighted by Gasteiger charge is 2.14. The zero-order chi connectivity index (χ0) is 15.0. The third-order valence-electron chi connectivity index (χ3n) is 2.71. The first-order valence-electron chi connectivity index (χ1n) is 6.21. The molecule has 110 valence electrons. The second kappa shape index (κ2) is 7.97. The van der Waals surface area contributed by atoms with Crippen LogP contribution < -0.4 is 10.0 Å². The number of nitrogens with one attached hydrogen (secondary N) is 2. The molecule has 1 aromatic rings. The lowest BCUT2D eigenvalue weighted by Crippen LogP contribution is -2.33. The Labute approximate surface area is 119 Å². The second-order valence-corrected chi connectivity index (χ2v) is 6.00. The van der Waals surface area contributed by atoms with Crippen LogP contribution >= 0.6 is 0 Å². The third-order valence-corrected chi connectivity index (χ3v) is 4.16. The molecule has 0 unspecified atom stereocenters. The van der Waals surface area contributed by atoms with Crippen molar-refractivity contribution in [1.82, 2.24) is 10.0 Å². The Kier molecular flexibility index (Phi) is 6.61. The first-order chi connectivity index (χ1) is 9.51. The predicted molar refractivity (Wildman–Crippen MR) is 75.8 cm³/mol. The molecule has 0 radical (unpaired) electrons. The van der Waals surface area contributed by atoms with E-state index in [4.69, 9.17) is 10.00 Å². The molecule has 0 aliphatic rings. The molecule has 0 amide bonds. The van der Waals surface area contributed by atoms with Gasteiger partial charge in [0, 0.05) is 26.7 Å². The summed E-state index contributed by atoms with van der Waals surface area (Å²) in [6.07, 6.45) is 0. The van der Waals surface area contributed by atoms with Crippen molar-refractivity contribution in [3.8, 4) is 6.07 Å². The van der Waals surface area contributed by atoms with Crippen LogP contribution in [0.5, 0.6) is 0 Å². The van der Waals surface area contributed by atoms with Gasteiger partial charge in [0.1, 0.15) is 0 Å². The Hall–Kier alpha value is -1.46. The summed E-state index contributed by atoms with van der Waals surface area (Å²) in [6, 6.07) is 6.46. The van der Waals surface area contributed by atoms with E-state index < -0.39 is 10.0 Å². The fourth-order valence-corrected chi connectivity index (χ4v) is 2.70. The molecule has 0 spiro atoms. The molecule has 0 bridgehead atoms. The maximum atomic E-state index is 12.0. The van der Waals surface area contributed by atoms with Crippen molar-refractivity contribution in [2.75, 3.05) is 33.4 Å². The van der Waals surface area contributed by atoms with Gasteiger partial charge in [0.05, 0.1) is 23.1 Å². The zero-order valence-corrected chi connectivity index (χ0v) is 12.5. The molecule has 0 atom stereocenters. The van der Waals surface area contributed by atoms with Crippen molar-refractivity contribution in [2.24, 2.45) is 0 Å². The van der Waals surface area contributed by atoms with Gasteiger partial charge in [-0.3, -0.25) is 0 Å². The van der Waals surface area contributed by atoms with Gasteiger partial charge in [-0.05, 0) is 30.7 Å². The Morgan fingerprint density at radius 1 is 1.30 bits per heavy atom. The van der Waals surface area contributed by atoms with Crippen molar-refractivity contribution in [3.63, 3.8) is 0 Å². The summed E-state index contributed by atoms with van der Waals surface area (Å²) in [5.74, 6) is 0. The second-order valence-electron chi connectivity index (χ2n) is 4.23. The fraction of sp³-hybridized carbons (Fsp3) is 0.462. The summed E-state index contributed by atoms with van der Waals surface area (Å²) < 4.78 is 31.4. The van der Waals surface area contributed by atoms with Crippen molar-refractivity contribution < 1.29 is 13.2 Å². The van der Waals surface area contributed by atoms with E-state index in [9.17, 15) is 8.42 Å². The highest BCUT2D eigenvalue weighted by molar-refractivity contribution is 7.89. The molecule has 0 saturated heterocycles. The van der Waals surface area contributed by atoms with Crippen LogP contribution in [0.1, 0.15) is 11.1 Å². The molecule has 20 heavy (non-hydrogen) atoms. The number of hydrogen-bond acceptors (Lipinski definition) is 5. The van der Waals surface area contributed by atoms with Crippen molar-refractivity contribution >= 4 is 10.0 Å². The number of sulfonamides is 1. The van der Waals surface area contributed by atoms with E-state index in [1.165, 1.54) is 18.2 Å². The highest BCUT2D eigenvalue weighted by atomic mass is 32.2. The Balaban J connectivity index is 2.57. The van der Waals surface area contributed by atoms with Crippen molar-refractivity contribution in [1.29, 1.82) is 5.26 Å². The summed E-state index contributed by atoms with van der Waals surface area (Å²) in [7, 11) is -1.92. The molecule has 1 aromatic carbocycles. The van der Waals surface area contributed by atoms with Gasteiger partial charge in [0.2, 0.25) is 10.0 Å². The predicted octanol–water partition coefficient (Wildman–Crippen LogP) is 0.381. The minimum absolute atomic E-state index is 0.172. The lowest BCUT2D eigenvalue weighted by Gasteiger charge is -2.08. The molecule has 2 N–H and O–H groups in total. The summed E-state index contributed by atoms with van der Waals surface area (Å²) in [5.41, 5.74) is 1.12. The number of benzene rings is 1. The first kappa shape index (κ1) is 16.6. The van der Waals surface area contributed by atoms with Gasteiger partial charge in [-0.2, -0.15) is 5.26 Å². The average Bonchev–Trinajstić information content (AvgIpc) is 2.42. The summed E-state index contributed by atoms with van der Waals surface area (Å²) >= 11 is 0. The number of ether oxygens (including phenoxy) is 1. The maximum Gasteiger partial charge on any atom is 0.240 e. The molecule has 7 heteroatoms. The summed E-state index contributed by atoms with van der Waals surface area (Å²) in [6.45, 7) is 3.79. The van der Waals surface area contributed by atoms with Gasteiger partial charge in [0.25, 0.3) is 0 Å². The van der Waals surface area contributed by atoms with Crippen LogP contribution in [-0.2, 0) is 14.8 Å². The molecular formula is C13H19N3O3S. The van der Waals surface area contributed by atoms with E-state index in [0.29, 0.717) is 37.4 Å². The fourth-order valence-electron chi connectivity index (χ4n) is 1.59. The minimum atomic E-state index is -3.53. The minimum Gasteiger partial charge on any atom is -0.383 e. The summed E-state index contributed by atoms with van der Waals surface area (Å²) in [4.78, 5) is 0.172. The lowest BCUT2D eigenvalue weighted by molar-refractivity contribution is 0.199. The molecule has 0 aromatic heterocycles. The SMILES string of the molecule is COCCNCCNS(=O)(=O)c1ccc(C#N)c(C)c1. The lowest BCUT2D eigenvalue weighted by atomic mass is 10.1. The van der Waals surface area contributed by atoms with E-state index >= 15 is 0 Å². The molecule has 0 saturated carbocycles. The first-order valence-corrected chi connectivity index (χ1v) is 7.69. The Bertz CT molecular complexity index is 579. The Morgan fingerprint density at radius 3 is 2.65 bits per heavy atom. The standard InChI is InChI=1S/C13H19N3O3S/c1-11-9-13(4-3-12(11)10-14)20(17,18)16-6-5-15-7-8-19-2/h3-4,9,15-16H,5-8H2,1-2H3. The quantitative estimate of drug-likeness (QED) is 0.677. The number of methoxy groups -OCH3 is 1. The molecule has 0 aliphatic carbocycles. The largest absolute Gasteiger partial charge is 0.383 e. The molecule has 0 heterocycles. The smallest absolute Gasteiger partial charge is 0.240 e. The van der Waals surface area contributed by atoms with Gasteiger partial charge >= 0.3 is 0 Å². The van der Waals surface area contributed by atoms with Crippen LogP contribution in [0.4, 0.5) is 0 Å².